The van der Waals surface area contributed by atoms with Gasteiger partial charge in [-0.25, -0.2) is 0 Å². The molecule has 1 aliphatic carbocycles. The molecule has 0 N–H and O–H groups in total. The second-order valence-electron chi connectivity index (χ2n) is 4.06. The van der Waals surface area contributed by atoms with Crippen molar-refractivity contribution in [3.63, 3.8) is 0 Å². The Bertz CT molecular complexity index is 316. The number of rotatable bonds is 2. The molecule has 0 amide bonds. The summed E-state index contributed by atoms with van der Waals surface area (Å²) >= 11 is 3.58. The van der Waals surface area contributed by atoms with Gasteiger partial charge in [-0.3, -0.25) is 4.98 Å². The third-order valence-corrected chi connectivity index (χ3v) is 3.12. The van der Waals surface area contributed by atoms with Gasteiger partial charge in [0.05, 0.1) is 5.69 Å². The minimum atomic E-state index is 0.502. The van der Waals surface area contributed by atoms with E-state index in [9.17, 15) is 0 Å². The maximum atomic E-state index is 4.49. The van der Waals surface area contributed by atoms with Crippen LogP contribution in [0.1, 0.15) is 49.8 Å². The van der Waals surface area contributed by atoms with Gasteiger partial charge in [-0.15, -0.1) is 0 Å². The smallest absolute Gasteiger partial charge is 0.0570 e. The summed E-state index contributed by atoms with van der Waals surface area (Å²) in [6.45, 7) is 4.34. The SMILES string of the molecule is CC(C)c1ncc(C2CC2)cc1Br. The average Bonchev–Trinajstić information content (AvgIpc) is 2.85. The van der Waals surface area contributed by atoms with Gasteiger partial charge in [0.15, 0.2) is 0 Å². The lowest BCUT2D eigenvalue weighted by Crippen LogP contribution is -1.95. The summed E-state index contributed by atoms with van der Waals surface area (Å²) in [5.41, 5.74) is 2.57. The van der Waals surface area contributed by atoms with Crippen molar-refractivity contribution in [3.8, 4) is 0 Å². The van der Waals surface area contributed by atoms with Crippen LogP contribution in [0.4, 0.5) is 0 Å². The van der Waals surface area contributed by atoms with Crippen molar-refractivity contribution in [3.05, 3.63) is 28.0 Å². The monoisotopic (exact) mass is 239 g/mol. The first-order valence-corrected chi connectivity index (χ1v) is 5.63. The molecule has 0 aliphatic heterocycles. The number of aromatic nitrogens is 1. The first-order chi connectivity index (χ1) is 6.18. The molecule has 2 rings (SSSR count). The van der Waals surface area contributed by atoms with Crippen LogP contribution in [0.5, 0.6) is 0 Å². The van der Waals surface area contributed by atoms with Crippen LogP contribution in [0, 0.1) is 0 Å². The maximum Gasteiger partial charge on any atom is 0.0570 e. The summed E-state index contributed by atoms with van der Waals surface area (Å²) in [7, 11) is 0. The van der Waals surface area contributed by atoms with Crippen LogP contribution in [-0.2, 0) is 0 Å². The fraction of sp³-hybridized carbons (Fsp3) is 0.545. The Morgan fingerprint density at radius 2 is 2.15 bits per heavy atom. The second-order valence-corrected chi connectivity index (χ2v) is 4.92. The van der Waals surface area contributed by atoms with Gasteiger partial charge in [0.25, 0.3) is 0 Å². The van der Waals surface area contributed by atoms with E-state index in [4.69, 9.17) is 0 Å². The second kappa shape index (κ2) is 3.41. The molecule has 1 fully saturated rings. The molecule has 2 heteroatoms. The predicted octanol–water partition coefficient (Wildman–Crippen LogP) is 3.84. The maximum absolute atomic E-state index is 4.49. The van der Waals surface area contributed by atoms with Gasteiger partial charge in [-0.1, -0.05) is 13.8 Å². The first-order valence-electron chi connectivity index (χ1n) is 4.84. The minimum Gasteiger partial charge on any atom is -0.260 e. The van der Waals surface area contributed by atoms with E-state index in [0.29, 0.717) is 5.92 Å². The third-order valence-electron chi connectivity index (χ3n) is 2.49. The lowest BCUT2D eigenvalue weighted by atomic mass is 10.1. The molecule has 1 aromatic heterocycles. The molecule has 13 heavy (non-hydrogen) atoms. The molecule has 0 spiro atoms. The normalized spacial score (nSPS) is 16.6. The molecule has 1 aromatic rings. The molecule has 70 valence electrons. The Morgan fingerprint density at radius 3 is 2.62 bits per heavy atom. The Balaban J connectivity index is 2.31. The molecule has 0 bridgehead atoms. The number of hydrogen-bond acceptors (Lipinski definition) is 1. The van der Waals surface area contributed by atoms with Crippen LogP contribution in [0.15, 0.2) is 16.7 Å². The Hall–Kier alpha value is -0.370. The van der Waals surface area contributed by atoms with Gasteiger partial charge in [-0.05, 0) is 52.2 Å². The fourth-order valence-electron chi connectivity index (χ4n) is 1.53. The van der Waals surface area contributed by atoms with Crippen LogP contribution in [0.2, 0.25) is 0 Å². The van der Waals surface area contributed by atoms with Crippen molar-refractivity contribution in [2.45, 2.75) is 38.5 Å². The first kappa shape index (κ1) is 9.20. The quantitative estimate of drug-likeness (QED) is 0.765. The molecule has 1 aliphatic rings. The summed E-state index contributed by atoms with van der Waals surface area (Å²) in [6, 6.07) is 2.24. The van der Waals surface area contributed by atoms with Crippen molar-refractivity contribution in [1.82, 2.24) is 4.98 Å². The van der Waals surface area contributed by atoms with Crippen molar-refractivity contribution < 1.29 is 0 Å². The summed E-state index contributed by atoms with van der Waals surface area (Å²) in [5.74, 6) is 1.30. The highest BCUT2D eigenvalue weighted by atomic mass is 79.9. The number of hydrogen-bond donors (Lipinski definition) is 0. The average molecular weight is 240 g/mol. The van der Waals surface area contributed by atoms with E-state index in [0.717, 1.165) is 5.92 Å². The van der Waals surface area contributed by atoms with Gasteiger partial charge in [0.1, 0.15) is 0 Å². The molecule has 0 unspecified atom stereocenters. The molecule has 0 atom stereocenters. The van der Waals surface area contributed by atoms with E-state index in [1.807, 2.05) is 6.20 Å². The topological polar surface area (TPSA) is 12.9 Å². The molecule has 0 saturated heterocycles. The molecular formula is C11H14BrN. The van der Waals surface area contributed by atoms with Gasteiger partial charge in [0.2, 0.25) is 0 Å². The van der Waals surface area contributed by atoms with Crippen LogP contribution >= 0.6 is 15.9 Å². The highest BCUT2D eigenvalue weighted by Crippen LogP contribution is 2.41. The minimum absolute atomic E-state index is 0.502. The highest BCUT2D eigenvalue weighted by molar-refractivity contribution is 9.10. The van der Waals surface area contributed by atoms with Crippen molar-refractivity contribution in [1.29, 1.82) is 0 Å². The zero-order valence-electron chi connectivity index (χ0n) is 8.05. The number of halogens is 1. The van der Waals surface area contributed by atoms with E-state index in [2.05, 4.69) is 40.8 Å². The van der Waals surface area contributed by atoms with Gasteiger partial charge in [-0.2, -0.15) is 0 Å². The molecule has 0 aromatic carbocycles. The molecular weight excluding hydrogens is 226 g/mol. The van der Waals surface area contributed by atoms with Gasteiger partial charge >= 0.3 is 0 Å². The van der Waals surface area contributed by atoms with Crippen LogP contribution in [0.3, 0.4) is 0 Å². The summed E-state index contributed by atoms with van der Waals surface area (Å²) < 4.78 is 1.17. The third kappa shape index (κ3) is 1.93. The summed E-state index contributed by atoms with van der Waals surface area (Å²) in [4.78, 5) is 4.49. The number of pyridine rings is 1. The van der Waals surface area contributed by atoms with E-state index < -0.39 is 0 Å². The predicted molar refractivity (Wildman–Crippen MR) is 58.0 cm³/mol. The van der Waals surface area contributed by atoms with E-state index in [1.54, 1.807) is 0 Å². The van der Waals surface area contributed by atoms with Crippen LogP contribution in [-0.4, -0.2) is 4.98 Å². The Labute approximate surface area is 87.7 Å². The Morgan fingerprint density at radius 1 is 1.46 bits per heavy atom. The van der Waals surface area contributed by atoms with E-state index in [1.165, 1.54) is 28.6 Å². The molecule has 1 saturated carbocycles. The van der Waals surface area contributed by atoms with Gasteiger partial charge in [0, 0.05) is 10.7 Å². The zero-order valence-corrected chi connectivity index (χ0v) is 9.63. The van der Waals surface area contributed by atoms with Crippen molar-refractivity contribution in [2.75, 3.05) is 0 Å². The fourth-order valence-corrected chi connectivity index (χ4v) is 2.35. The standard InChI is InChI=1S/C11H14BrN/c1-7(2)11-10(12)5-9(6-13-11)8-3-4-8/h5-8H,3-4H2,1-2H3. The van der Waals surface area contributed by atoms with E-state index in [-0.39, 0.29) is 0 Å². The molecule has 1 nitrogen and oxygen atoms in total. The number of nitrogens with zero attached hydrogens (tertiary/aromatic N) is 1. The van der Waals surface area contributed by atoms with Crippen LogP contribution < -0.4 is 0 Å². The van der Waals surface area contributed by atoms with Crippen molar-refractivity contribution in [2.24, 2.45) is 0 Å². The lowest BCUT2D eigenvalue weighted by Gasteiger charge is -2.08. The molecule has 0 radical (unpaired) electrons. The summed E-state index contributed by atoms with van der Waals surface area (Å²) in [5, 5.41) is 0. The van der Waals surface area contributed by atoms with Gasteiger partial charge < -0.3 is 0 Å². The summed E-state index contributed by atoms with van der Waals surface area (Å²) in [6.07, 6.45) is 4.72. The highest BCUT2D eigenvalue weighted by Gasteiger charge is 2.24. The molecule has 1 heterocycles. The van der Waals surface area contributed by atoms with Crippen molar-refractivity contribution >= 4 is 15.9 Å². The van der Waals surface area contributed by atoms with E-state index >= 15 is 0 Å². The lowest BCUT2D eigenvalue weighted by molar-refractivity contribution is 0.811. The Kier molecular flexibility index (Phi) is 2.41. The largest absolute Gasteiger partial charge is 0.260 e. The zero-order chi connectivity index (χ0) is 9.42. The van der Waals surface area contributed by atoms with Crippen LogP contribution in [0.25, 0.3) is 0 Å².